The second-order valence-corrected chi connectivity index (χ2v) is 4.94. The summed E-state index contributed by atoms with van der Waals surface area (Å²) >= 11 is 5.24. The van der Waals surface area contributed by atoms with E-state index in [9.17, 15) is 4.79 Å². The lowest BCUT2D eigenvalue weighted by molar-refractivity contribution is -0.116. The van der Waals surface area contributed by atoms with Crippen molar-refractivity contribution in [1.29, 1.82) is 0 Å². The molecular weight excluding hydrogens is 304 g/mol. The average Bonchev–Trinajstić information content (AvgIpc) is 2.48. The van der Waals surface area contributed by atoms with Crippen molar-refractivity contribution in [1.82, 2.24) is 5.32 Å². The molecule has 0 saturated heterocycles. The molecule has 0 aliphatic heterocycles. The van der Waals surface area contributed by atoms with Gasteiger partial charge in [0.15, 0.2) is 11.4 Å². The third-order valence-electron chi connectivity index (χ3n) is 2.86. The molecule has 6 nitrogen and oxygen atoms in total. The molecule has 0 radical (unpaired) electrons. The Morgan fingerprint density at radius 1 is 1.32 bits per heavy atom. The van der Waals surface area contributed by atoms with E-state index in [4.69, 9.17) is 26.4 Å². The number of carbonyl (C=O) groups excluding carboxylic acids is 1. The Morgan fingerprint density at radius 2 is 2.00 bits per heavy atom. The van der Waals surface area contributed by atoms with E-state index >= 15 is 0 Å². The highest BCUT2D eigenvalue weighted by atomic mass is 32.1. The van der Waals surface area contributed by atoms with Gasteiger partial charge in [0.2, 0.25) is 0 Å². The van der Waals surface area contributed by atoms with Crippen LogP contribution in [0.3, 0.4) is 0 Å². The van der Waals surface area contributed by atoms with Crippen molar-refractivity contribution in [2.45, 2.75) is 26.2 Å². The molecule has 0 heterocycles. The lowest BCUT2D eigenvalue weighted by atomic mass is 10.2. The van der Waals surface area contributed by atoms with Gasteiger partial charge in [-0.05, 0) is 44.3 Å². The van der Waals surface area contributed by atoms with Gasteiger partial charge in [-0.3, -0.25) is 0 Å². The minimum atomic E-state index is -0.411. The standard InChI is InChI=1S/C15H22N2O4S/c1-5-21-13(18)11-7-6-8-12(9-11)17-15(22)16-10(2)14(19-3)20-4/h6-10,14H,5H2,1-4H3,(H2,16,17,22). The highest BCUT2D eigenvalue weighted by Crippen LogP contribution is 2.12. The van der Waals surface area contributed by atoms with E-state index in [-0.39, 0.29) is 12.0 Å². The lowest BCUT2D eigenvalue weighted by Crippen LogP contribution is -2.44. The van der Waals surface area contributed by atoms with Crippen molar-refractivity contribution in [2.75, 3.05) is 26.1 Å². The summed E-state index contributed by atoms with van der Waals surface area (Å²) in [5, 5.41) is 6.48. The Labute approximate surface area is 136 Å². The van der Waals surface area contributed by atoms with E-state index in [2.05, 4.69) is 10.6 Å². The summed E-state index contributed by atoms with van der Waals surface area (Å²) in [5.74, 6) is -0.364. The van der Waals surface area contributed by atoms with E-state index in [1.807, 2.05) is 13.0 Å². The molecular formula is C15H22N2O4S. The second kappa shape index (κ2) is 9.34. The van der Waals surface area contributed by atoms with Crippen LogP contribution in [0.1, 0.15) is 24.2 Å². The molecule has 1 unspecified atom stereocenters. The molecule has 0 aliphatic carbocycles. The van der Waals surface area contributed by atoms with Gasteiger partial charge in [-0.15, -0.1) is 0 Å². The number of ether oxygens (including phenoxy) is 3. The first-order valence-electron chi connectivity index (χ1n) is 6.92. The van der Waals surface area contributed by atoms with Crippen LogP contribution < -0.4 is 10.6 Å². The predicted octanol–water partition coefficient (Wildman–Crippen LogP) is 2.16. The molecule has 0 aromatic heterocycles. The van der Waals surface area contributed by atoms with E-state index in [0.29, 0.717) is 23.0 Å². The van der Waals surface area contributed by atoms with Gasteiger partial charge in [0.1, 0.15) is 0 Å². The molecule has 1 aromatic rings. The number of thiocarbonyl (C=S) groups is 1. The zero-order valence-corrected chi connectivity index (χ0v) is 14.0. The van der Waals surface area contributed by atoms with Crippen molar-refractivity contribution in [3.05, 3.63) is 29.8 Å². The molecule has 1 atom stereocenters. The maximum atomic E-state index is 11.7. The van der Waals surface area contributed by atoms with Gasteiger partial charge in [0.25, 0.3) is 0 Å². The Kier molecular flexibility index (Phi) is 7.79. The van der Waals surface area contributed by atoms with Crippen LogP contribution in [0.15, 0.2) is 24.3 Å². The first kappa shape index (κ1) is 18.3. The number of carbonyl (C=O) groups is 1. The molecule has 7 heteroatoms. The monoisotopic (exact) mass is 326 g/mol. The van der Waals surface area contributed by atoms with Gasteiger partial charge in [0.05, 0.1) is 18.2 Å². The molecule has 0 bridgehead atoms. The average molecular weight is 326 g/mol. The van der Waals surface area contributed by atoms with Crippen LogP contribution in [0.2, 0.25) is 0 Å². The summed E-state index contributed by atoms with van der Waals surface area (Å²) in [4.78, 5) is 11.7. The summed E-state index contributed by atoms with van der Waals surface area (Å²) in [5.41, 5.74) is 1.16. The van der Waals surface area contributed by atoms with Gasteiger partial charge in [0, 0.05) is 19.9 Å². The molecule has 0 fully saturated rings. The second-order valence-electron chi connectivity index (χ2n) is 4.53. The molecule has 0 saturated carbocycles. The Bertz CT molecular complexity index is 506. The van der Waals surface area contributed by atoms with E-state index in [0.717, 1.165) is 0 Å². The van der Waals surface area contributed by atoms with Crippen LogP contribution >= 0.6 is 12.2 Å². The Morgan fingerprint density at radius 3 is 2.59 bits per heavy atom. The van der Waals surface area contributed by atoms with Gasteiger partial charge in [-0.1, -0.05) is 6.07 Å². The molecule has 0 amide bonds. The third-order valence-corrected chi connectivity index (χ3v) is 3.08. The van der Waals surface area contributed by atoms with Crippen LogP contribution in [0.25, 0.3) is 0 Å². The third kappa shape index (κ3) is 5.59. The largest absolute Gasteiger partial charge is 0.462 e. The maximum absolute atomic E-state index is 11.7. The zero-order valence-electron chi connectivity index (χ0n) is 13.2. The minimum absolute atomic E-state index is 0.136. The highest BCUT2D eigenvalue weighted by molar-refractivity contribution is 7.80. The molecule has 0 spiro atoms. The normalized spacial score (nSPS) is 11.9. The van der Waals surface area contributed by atoms with Crippen molar-refractivity contribution >= 4 is 29.0 Å². The fraction of sp³-hybridized carbons (Fsp3) is 0.467. The summed E-state index contributed by atoms with van der Waals surface area (Å²) in [7, 11) is 3.12. The summed E-state index contributed by atoms with van der Waals surface area (Å²) in [6.45, 7) is 3.99. The van der Waals surface area contributed by atoms with Gasteiger partial charge < -0.3 is 24.8 Å². The number of benzene rings is 1. The molecule has 1 aromatic carbocycles. The number of anilines is 1. The van der Waals surface area contributed by atoms with Crippen LogP contribution in [0, 0.1) is 0 Å². The number of esters is 1. The molecule has 22 heavy (non-hydrogen) atoms. The van der Waals surface area contributed by atoms with E-state index in [1.165, 1.54) is 0 Å². The SMILES string of the molecule is CCOC(=O)c1cccc(NC(=S)NC(C)C(OC)OC)c1. The van der Waals surface area contributed by atoms with Gasteiger partial charge in [-0.25, -0.2) is 4.79 Å². The molecule has 122 valence electrons. The summed E-state index contributed by atoms with van der Waals surface area (Å²) < 4.78 is 15.3. The number of hydrogen-bond donors (Lipinski definition) is 2. The van der Waals surface area contributed by atoms with Gasteiger partial charge in [-0.2, -0.15) is 0 Å². The van der Waals surface area contributed by atoms with Crippen molar-refractivity contribution in [3.63, 3.8) is 0 Å². The van der Waals surface area contributed by atoms with E-state index in [1.54, 1.807) is 39.3 Å². The van der Waals surface area contributed by atoms with E-state index < -0.39 is 6.29 Å². The van der Waals surface area contributed by atoms with Crippen LogP contribution in [0.4, 0.5) is 5.69 Å². The van der Waals surface area contributed by atoms with Crippen molar-refractivity contribution < 1.29 is 19.0 Å². The molecule has 2 N–H and O–H groups in total. The zero-order chi connectivity index (χ0) is 16.5. The van der Waals surface area contributed by atoms with Crippen LogP contribution in [-0.4, -0.2) is 44.2 Å². The predicted molar refractivity (Wildman–Crippen MR) is 89.0 cm³/mol. The van der Waals surface area contributed by atoms with Crippen LogP contribution in [0.5, 0.6) is 0 Å². The Balaban J connectivity index is 2.65. The first-order chi connectivity index (χ1) is 10.5. The van der Waals surface area contributed by atoms with Gasteiger partial charge >= 0.3 is 5.97 Å². The molecule has 0 aliphatic rings. The number of hydrogen-bond acceptors (Lipinski definition) is 5. The summed E-state index contributed by atoms with van der Waals surface area (Å²) in [6.07, 6.45) is -0.411. The maximum Gasteiger partial charge on any atom is 0.338 e. The first-order valence-corrected chi connectivity index (χ1v) is 7.33. The number of rotatable bonds is 7. The highest BCUT2D eigenvalue weighted by Gasteiger charge is 2.16. The quantitative estimate of drug-likeness (QED) is 0.452. The Hall–Kier alpha value is -1.70. The van der Waals surface area contributed by atoms with Crippen molar-refractivity contribution in [3.8, 4) is 0 Å². The number of nitrogens with one attached hydrogen (secondary N) is 2. The lowest BCUT2D eigenvalue weighted by Gasteiger charge is -2.23. The van der Waals surface area contributed by atoms with Crippen molar-refractivity contribution in [2.24, 2.45) is 0 Å². The van der Waals surface area contributed by atoms with Crippen LogP contribution in [-0.2, 0) is 14.2 Å². The molecule has 1 rings (SSSR count). The fourth-order valence-electron chi connectivity index (χ4n) is 1.88. The fourth-order valence-corrected chi connectivity index (χ4v) is 2.19. The number of methoxy groups -OCH3 is 2. The minimum Gasteiger partial charge on any atom is -0.462 e. The summed E-state index contributed by atoms with van der Waals surface area (Å²) in [6, 6.07) is 6.80. The topological polar surface area (TPSA) is 68.8 Å². The smallest absolute Gasteiger partial charge is 0.338 e.